The zero-order chi connectivity index (χ0) is 14.7. The topological polar surface area (TPSA) is 58.6 Å². The molecule has 0 spiro atoms. The predicted octanol–water partition coefficient (Wildman–Crippen LogP) is 2.31. The van der Waals surface area contributed by atoms with Crippen LogP contribution in [-0.4, -0.2) is 20.1 Å². The van der Waals surface area contributed by atoms with E-state index in [1.54, 1.807) is 24.3 Å². The average Bonchev–Trinajstić information content (AvgIpc) is 3.00. The van der Waals surface area contributed by atoms with E-state index in [-0.39, 0.29) is 4.90 Å². The molecule has 3 rings (SSSR count). The number of nitrogens with one attached hydrogen (secondary N) is 1. The molecule has 0 bridgehead atoms. The Morgan fingerprint density at radius 2 is 1.71 bits per heavy atom. The molecule has 1 aliphatic heterocycles. The van der Waals surface area contributed by atoms with Crippen molar-refractivity contribution in [2.45, 2.75) is 4.90 Å². The Balaban J connectivity index is 1.98. The minimum atomic E-state index is -3.71. The predicted molar refractivity (Wildman–Crippen MR) is 79.1 cm³/mol. The summed E-state index contributed by atoms with van der Waals surface area (Å²) in [6.07, 6.45) is 3.15. The lowest BCUT2D eigenvalue weighted by atomic mass is 10.1. The number of rotatable bonds is 4. The van der Waals surface area contributed by atoms with Crippen molar-refractivity contribution in [2.75, 3.05) is 6.54 Å². The molecule has 0 aliphatic carbocycles. The highest BCUT2D eigenvalue weighted by Gasteiger charge is 2.23. The number of benzene rings is 2. The third-order valence-corrected chi connectivity index (χ3v) is 4.42. The molecule has 0 fully saturated rings. The van der Waals surface area contributed by atoms with Gasteiger partial charge in [0.2, 0.25) is 0 Å². The summed E-state index contributed by atoms with van der Waals surface area (Å²) in [6, 6.07) is 16.3. The van der Waals surface area contributed by atoms with E-state index in [1.165, 1.54) is 6.26 Å². The third kappa shape index (κ3) is 2.97. The number of nitrogens with zero attached hydrogens (tertiary/aromatic N) is 1. The summed E-state index contributed by atoms with van der Waals surface area (Å²) < 4.78 is 25.0. The first-order chi connectivity index (χ1) is 10.2. The quantitative estimate of drug-likeness (QED) is 0.941. The Morgan fingerprint density at radius 1 is 1.00 bits per heavy atom. The van der Waals surface area contributed by atoms with Crippen molar-refractivity contribution in [3.8, 4) is 11.1 Å². The molecular formula is C15H14N2O3S. The van der Waals surface area contributed by atoms with Crippen LogP contribution in [-0.2, 0) is 14.9 Å². The summed E-state index contributed by atoms with van der Waals surface area (Å²) in [6.45, 7) is 0.368. The van der Waals surface area contributed by atoms with E-state index in [0.29, 0.717) is 12.1 Å². The molecule has 0 radical (unpaired) electrons. The van der Waals surface area contributed by atoms with Crippen LogP contribution in [0, 0.1) is 0 Å². The molecule has 1 N–H and O–H groups in total. The molecular weight excluding hydrogens is 288 g/mol. The molecule has 0 saturated carbocycles. The fourth-order valence-corrected chi connectivity index (χ4v) is 3.31. The van der Waals surface area contributed by atoms with Crippen LogP contribution in [0.3, 0.4) is 0 Å². The molecule has 0 aromatic heterocycles. The van der Waals surface area contributed by atoms with Gasteiger partial charge in [-0.25, -0.2) is 8.42 Å². The van der Waals surface area contributed by atoms with Gasteiger partial charge in [-0.05, 0) is 17.7 Å². The molecule has 0 saturated heterocycles. The lowest BCUT2D eigenvalue weighted by molar-refractivity contribution is -0.0968. The van der Waals surface area contributed by atoms with Crippen molar-refractivity contribution in [1.29, 1.82) is 0 Å². The minimum absolute atomic E-state index is 0.215. The van der Waals surface area contributed by atoms with Crippen molar-refractivity contribution in [3.63, 3.8) is 0 Å². The summed E-state index contributed by atoms with van der Waals surface area (Å²) in [5.41, 5.74) is 1.50. The highest BCUT2D eigenvalue weighted by atomic mass is 32.2. The van der Waals surface area contributed by atoms with Crippen LogP contribution >= 0.6 is 0 Å². The van der Waals surface area contributed by atoms with Gasteiger partial charge in [-0.1, -0.05) is 53.7 Å². The Kier molecular flexibility index (Phi) is 3.74. The minimum Gasteiger partial charge on any atom is -0.398 e. The van der Waals surface area contributed by atoms with Crippen LogP contribution in [0.15, 0.2) is 71.8 Å². The van der Waals surface area contributed by atoms with E-state index in [0.717, 1.165) is 10.7 Å². The summed E-state index contributed by atoms with van der Waals surface area (Å²) in [7, 11) is -3.71. The number of hydrogen-bond donors (Lipinski definition) is 1. The van der Waals surface area contributed by atoms with Crippen LogP contribution in [0.5, 0.6) is 0 Å². The molecule has 108 valence electrons. The Labute approximate surface area is 123 Å². The van der Waals surface area contributed by atoms with E-state index in [2.05, 4.69) is 4.83 Å². The second-order valence-corrected chi connectivity index (χ2v) is 6.12. The van der Waals surface area contributed by atoms with Crippen LogP contribution in [0.4, 0.5) is 0 Å². The third-order valence-electron chi connectivity index (χ3n) is 3.04. The number of hydrogen-bond acceptors (Lipinski definition) is 4. The first-order valence-corrected chi connectivity index (χ1v) is 7.91. The Bertz CT molecular complexity index is 749. The van der Waals surface area contributed by atoms with Gasteiger partial charge in [0, 0.05) is 5.56 Å². The van der Waals surface area contributed by atoms with Gasteiger partial charge in [-0.2, -0.15) is 0 Å². The smallest absolute Gasteiger partial charge is 0.256 e. The fourth-order valence-electron chi connectivity index (χ4n) is 2.10. The second-order valence-electron chi connectivity index (χ2n) is 4.50. The fraction of sp³-hybridized carbons (Fsp3) is 0.0667. The summed E-state index contributed by atoms with van der Waals surface area (Å²) >= 11 is 0. The monoisotopic (exact) mass is 302 g/mol. The number of hydroxylamine groups is 1. The highest BCUT2D eigenvalue weighted by molar-refractivity contribution is 7.89. The van der Waals surface area contributed by atoms with Crippen molar-refractivity contribution in [1.82, 2.24) is 10.0 Å². The van der Waals surface area contributed by atoms with Gasteiger partial charge >= 0.3 is 0 Å². The van der Waals surface area contributed by atoms with Crippen LogP contribution < -0.4 is 4.83 Å². The summed E-state index contributed by atoms with van der Waals surface area (Å²) in [5.74, 6) is 0. The average molecular weight is 302 g/mol. The molecule has 2 aromatic rings. The van der Waals surface area contributed by atoms with Crippen molar-refractivity contribution in [2.24, 2.45) is 0 Å². The molecule has 21 heavy (non-hydrogen) atoms. The first-order valence-electron chi connectivity index (χ1n) is 6.43. The highest BCUT2D eigenvalue weighted by Crippen LogP contribution is 2.27. The second kappa shape index (κ2) is 5.69. The number of sulfonamides is 1. The Morgan fingerprint density at radius 3 is 2.43 bits per heavy atom. The molecule has 0 amide bonds. The SMILES string of the molecule is O=S(=O)(NN1CC=CO1)c1ccccc1-c1ccccc1. The van der Waals surface area contributed by atoms with E-state index in [1.807, 2.05) is 36.4 Å². The van der Waals surface area contributed by atoms with Gasteiger partial charge in [0.05, 0.1) is 11.4 Å². The van der Waals surface area contributed by atoms with Gasteiger partial charge in [-0.15, -0.1) is 4.83 Å². The standard InChI is InChI=1S/C15H14N2O3S/c18-21(19,16-17-11-6-12-20-17)15-10-5-4-9-14(15)13-7-2-1-3-8-13/h1-10,12,16H,11H2. The zero-order valence-corrected chi connectivity index (χ0v) is 12.0. The normalized spacial score (nSPS) is 15.0. The molecule has 5 nitrogen and oxygen atoms in total. The van der Waals surface area contributed by atoms with E-state index in [4.69, 9.17) is 4.84 Å². The zero-order valence-electron chi connectivity index (χ0n) is 11.1. The van der Waals surface area contributed by atoms with Crippen molar-refractivity contribution < 1.29 is 13.3 Å². The maximum Gasteiger partial charge on any atom is 0.256 e. The summed E-state index contributed by atoms with van der Waals surface area (Å²) in [4.78, 5) is 7.64. The van der Waals surface area contributed by atoms with E-state index < -0.39 is 10.0 Å². The van der Waals surface area contributed by atoms with Crippen LogP contribution in [0.2, 0.25) is 0 Å². The maximum absolute atomic E-state index is 12.5. The number of hydrazine groups is 1. The van der Waals surface area contributed by atoms with Gasteiger partial charge in [0.25, 0.3) is 10.0 Å². The molecule has 2 aromatic carbocycles. The van der Waals surface area contributed by atoms with Crippen molar-refractivity contribution >= 4 is 10.0 Å². The Hall–Kier alpha value is -2.15. The molecule has 0 atom stereocenters. The van der Waals surface area contributed by atoms with Gasteiger partial charge in [-0.3, -0.25) is 0 Å². The van der Waals surface area contributed by atoms with Gasteiger partial charge < -0.3 is 4.84 Å². The van der Waals surface area contributed by atoms with Gasteiger partial charge in [0.15, 0.2) is 0 Å². The lowest BCUT2D eigenvalue weighted by Gasteiger charge is -2.17. The van der Waals surface area contributed by atoms with Crippen molar-refractivity contribution in [3.05, 3.63) is 66.9 Å². The van der Waals surface area contributed by atoms with E-state index >= 15 is 0 Å². The largest absolute Gasteiger partial charge is 0.398 e. The van der Waals surface area contributed by atoms with Crippen LogP contribution in [0.25, 0.3) is 11.1 Å². The van der Waals surface area contributed by atoms with Crippen LogP contribution in [0.1, 0.15) is 0 Å². The molecule has 0 unspecified atom stereocenters. The molecule has 1 heterocycles. The lowest BCUT2D eigenvalue weighted by Crippen LogP contribution is -2.39. The molecule has 1 aliphatic rings. The van der Waals surface area contributed by atoms with Gasteiger partial charge in [0.1, 0.15) is 6.26 Å². The first kappa shape index (κ1) is 13.8. The molecule has 6 heteroatoms. The summed E-state index contributed by atoms with van der Waals surface area (Å²) in [5, 5.41) is 1.16. The maximum atomic E-state index is 12.5. The van der Waals surface area contributed by atoms with E-state index in [9.17, 15) is 8.42 Å².